The molecule has 1 heterocycles. The predicted octanol–water partition coefficient (Wildman–Crippen LogP) is 0.720. The summed E-state index contributed by atoms with van der Waals surface area (Å²) in [6.07, 6.45) is 0. The van der Waals surface area contributed by atoms with E-state index in [0.29, 0.717) is 0 Å². The molecule has 0 aromatic heterocycles. The molecule has 0 spiro atoms. The van der Waals surface area contributed by atoms with E-state index in [0.717, 1.165) is 4.31 Å². The average molecular weight is 269 g/mol. The lowest BCUT2D eigenvalue weighted by atomic mass is 10.1. The molecule has 0 unspecified atom stereocenters. The zero-order valence-electron chi connectivity index (χ0n) is 9.75. The summed E-state index contributed by atoms with van der Waals surface area (Å²) in [4.78, 5) is 11.2. The normalized spacial score (nSPS) is 17.3. The number of hydrogen-bond donors (Lipinski definition) is 1. The summed E-state index contributed by atoms with van der Waals surface area (Å²) < 4.78 is 30.1. The number of carboxylic acids is 1. The summed E-state index contributed by atoms with van der Waals surface area (Å²) in [7, 11) is -1.35. The lowest BCUT2D eigenvalue weighted by Gasteiger charge is -2.28. The highest BCUT2D eigenvalue weighted by molar-refractivity contribution is 7.89. The Morgan fingerprint density at radius 2 is 1.94 bits per heavy atom. The van der Waals surface area contributed by atoms with E-state index in [-0.39, 0.29) is 16.2 Å². The number of methoxy groups -OCH3 is 1. The zero-order chi connectivity index (χ0) is 13.5. The Bertz CT molecular complexity index is 647. The highest BCUT2D eigenvalue weighted by atomic mass is 32.2. The van der Waals surface area contributed by atoms with Crippen LogP contribution in [0.1, 0.15) is 5.56 Å². The number of aliphatic carboxylic acids is 1. The van der Waals surface area contributed by atoms with E-state index >= 15 is 0 Å². The topological polar surface area (TPSA) is 83.9 Å². The lowest BCUT2D eigenvalue weighted by molar-refractivity contribution is -0.133. The van der Waals surface area contributed by atoms with Crippen LogP contribution in [0, 0.1) is 0 Å². The largest absolute Gasteiger partial charge is 0.494 e. The van der Waals surface area contributed by atoms with E-state index in [1.165, 1.54) is 26.3 Å². The number of fused-ring (bicyclic) bond motifs is 1. The number of carbonyl (C=O) groups is 1. The van der Waals surface area contributed by atoms with Gasteiger partial charge in [-0.1, -0.05) is 12.1 Å². The number of rotatable bonds is 2. The van der Waals surface area contributed by atoms with Gasteiger partial charge in [-0.05, 0) is 12.1 Å². The third-order valence-corrected chi connectivity index (χ3v) is 4.52. The third kappa shape index (κ3) is 1.55. The van der Waals surface area contributed by atoms with E-state index in [4.69, 9.17) is 9.84 Å². The zero-order valence-corrected chi connectivity index (χ0v) is 10.6. The fourth-order valence-electron chi connectivity index (χ4n) is 1.86. The van der Waals surface area contributed by atoms with Crippen LogP contribution in [0.5, 0.6) is 0 Å². The molecule has 0 radical (unpaired) electrons. The maximum absolute atomic E-state index is 12.2. The van der Waals surface area contributed by atoms with Crippen LogP contribution in [-0.4, -0.2) is 38.0 Å². The average Bonchev–Trinajstić information content (AvgIpc) is 2.33. The lowest BCUT2D eigenvalue weighted by Crippen LogP contribution is -2.35. The van der Waals surface area contributed by atoms with Crippen LogP contribution in [0.15, 0.2) is 34.9 Å². The SMILES string of the molecule is COC1=C(C(=O)O)N(C)S(=O)(=O)c2ccccc21. The quantitative estimate of drug-likeness (QED) is 0.855. The Morgan fingerprint density at radius 1 is 1.33 bits per heavy atom. The molecule has 0 bridgehead atoms. The van der Waals surface area contributed by atoms with E-state index < -0.39 is 21.7 Å². The Hall–Kier alpha value is -2.02. The van der Waals surface area contributed by atoms with Crippen LogP contribution in [0.25, 0.3) is 5.76 Å². The number of hydrogen-bond acceptors (Lipinski definition) is 4. The summed E-state index contributed by atoms with van der Waals surface area (Å²) >= 11 is 0. The molecule has 0 fully saturated rings. The first-order valence-corrected chi connectivity index (χ1v) is 6.45. The molecular formula is C11H11NO5S. The second kappa shape index (κ2) is 4.02. The fraction of sp³-hybridized carbons (Fsp3) is 0.182. The van der Waals surface area contributed by atoms with Gasteiger partial charge >= 0.3 is 5.97 Å². The van der Waals surface area contributed by atoms with Crippen molar-refractivity contribution >= 4 is 21.8 Å². The van der Waals surface area contributed by atoms with Gasteiger partial charge in [0.1, 0.15) is 0 Å². The third-order valence-electron chi connectivity index (χ3n) is 2.71. The van der Waals surface area contributed by atoms with Gasteiger partial charge in [0.05, 0.1) is 12.0 Å². The first-order chi connectivity index (χ1) is 8.41. The summed E-state index contributed by atoms with van der Waals surface area (Å²) in [6, 6.07) is 6.13. The fourth-order valence-corrected chi connectivity index (χ4v) is 3.24. The van der Waals surface area contributed by atoms with Gasteiger partial charge in [-0.15, -0.1) is 0 Å². The second-order valence-corrected chi connectivity index (χ2v) is 5.59. The molecule has 7 heteroatoms. The van der Waals surface area contributed by atoms with E-state index in [1.54, 1.807) is 12.1 Å². The molecule has 2 rings (SSSR count). The van der Waals surface area contributed by atoms with Gasteiger partial charge in [0.25, 0.3) is 10.0 Å². The number of likely N-dealkylation sites (N-methyl/N-ethyl adjacent to an activating group) is 1. The molecule has 6 nitrogen and oxygen atoms in total. The Kier molecular flexibility index (Phi) is 2.78. The van der Waals surface area contributed by atoms with Crippen molar-refractivity contribution in [1.82, 2.24) is 4.31 Å². The van der Waals surface area contributed by atoms with Crippen LogP contribution in [0.2, 0.25) is 0 Å². The molecule has 0 amide bonds. The highest BCUT2D eigenvalue weighted by Gasteiger charge is 2.38. The van der Waals surface area contributed by atoms with Crippen molar-refractivity contribution in [2.45, 2.75) is 4.90 Å². The second-order valence-electron chi connectivity index (χ2n) is 3.66. The Balaban J connectivity index is 2.88. The first kappa shape index (κ1) is 12.4. The van der Waals surface area contributed by atoms with Gasteiger partial charge in [-0.2, -0.15) is 0 Å². The monoisotopic (exact) mass is 269 g/mol. The minimum absolute atomic E-state index is 0.0364. The van der Waals surface area contributed by atoms with Crippen molar-refractivity contribution in [2.24, 2.45) is 0 Å². The van der Waals surface area contributed by atoms with Crippen molar-refractivity contribution in [3.05, 3.63) is 35.5 Å². The highest BCUT2D eigenvalue weighted by Crippen LogP contribution is 2.35. The summed E-state index contributed by atoms with van der Waals surface area (Å²) in [5, 5.41) is 9.12. The molecule has 18 heavy (non-hydrogen) atoms. The van der Waals surface area contributed by atoms with Gasteiger partial charge in [0.2, 0.25) is 0 Å². The summed E-state index contributed by atoms with van der Waals surface area (Å²) in [5.74, 6) is -1.32. The smallest absolute Gasteiger partial charge is 0.357 e. The molecule has 0 saturated carbocycles. The maximum Gasteiger partial charge on any atom is 0.357 e. The minimum Gasteiger partial charge on any atom is -0.494 e. The molecule has 1 aliphatic rings. The van der Waals surface area contributed by atoms with Crippen molar-refractivity contribution < 1.29 is 23.1 Å². The van der Waals surface area contributed by atoms with E-state index in [2.05, 4.69) is 0 Å². The Morgan fingerprint density at radius 3 is 2.50 bits per heavy atom. The van der Waals surface area contributed by atoms with Gasteiger partial charge in [-0.25, -0.2) is 13.2 Å². The van der Waals surface area contributed by atoms with Gasteiger partial charge in [0, 0.05) is 12.6 Å². The number of nitrogens with zero attached hydrogens (tertiary/aromatic N) is 1. The molecule has 0 atom stereocenters. The first-order valence-electron chi connectivity index (χ1n) is 5.01. The van der Waals surface area contributed by atoms with Crippen LogP contribution in [-0.2, 0) is 19.6 Å². The number of sulfonamides is 1. The van der Waals surface area contributed by atoms with E-state index in [9.17, 15) is 13.2 Å². The van der Waals surface area contributed by atoms with Crippen molar-refractivity contribution in [1.29, 1.82) is 0 Å². The van der Waals surface area contributed by atoms with Crippen molar-refractivity contribution in [3.8, 4) is 0 Å². The predicted molar refractivity (Wildman–Crippen MR) is 63.0 cm³/mol. The van der Waals surface area contributed by atoms with Crippen molar-refractivity contribution in [3.63, 3.8) is 0 Å². The number of ether oxygens (including phenoxy) is 1. The number of carboxylic acid groups (broad SMARTS) is 1. The van der Waals surface area contributed by atoms with Crippen LogP contribution >= 0.6 is 0 Å². The minimum atomic E-state index is -3.84. The van der Waals surface area contributed by atoms with Gasteiger partial charge in [-0.3, -0.25) is 4.31 Å². The molecule has 0 aliphatic carbocycles. The van der Waals surface area contributed by atoms with Gasteiger partial charge in [0.15, 0.2) is 11.5 Å². The molecule has 1 aromatic carbocycles. The molecule has 1 N–H and O–H groups in total. The standard InChI is InChI=1S/C11H11NO5S/c1-12-9(11(13)14)10(17-2)7-5-3-4-6-8(7)18(12,15)16/h3-6H,1-2H3,(H,13,14). The molecule has 0 saturated heterocycles. The summed E-state index contributed by atoms with van der Waals surface area (Å²) in [5.41, 5.74) is -0.133. The molecule has 96 valence electrons. The van der Waals surface area contributed by atoms with Gasteiger partial charge < -0.3 is 9.84 Å². The number of benzene rings is 1. The molecule has 1 aliphatic heterocycles. The van der Waals surface area contributed by atoms with Crippen molar-refractivity contribution in [2.75, 3.05) is 14.2 Å². The van der Waals surface area contributed by atoms with Crippen LogP contribution in [0.4, 0.5) is 0 Å². The maximum atomic E-state index is 12.2. The Labute approximate surface area is 104 Å². The van der Waals surface area contributed by atoms with Crippen LogP contribution in [0.3, 0.4) is 0 Å². The van der Waals surface area contributed by atoms with Crippen LogP contribution < -0.4 is 0 Å². The van der Waals surface area contributed by atoms with E-state index in [1.807, 2.05) is 0 Å². The summed E-state index contributed by atoms with van der Waals surface area (Å²) in [6.45, 7) is 0. The molecular weight excluding hydrogens is 258 g/mol. The molecule has 1 aromatic rings.